The number of rotatable bonds is 5. The van der Waals surface area contributed by atoms with E-state index in [1.807, 2.05) is 54.6 Å². The fourth-order valence-corrected chi connectivity index (χ4v) is 2.43. The number of benzene rings is 2. The third kappa shape index (κ3) is 3.24. The van der Waals surface area contributed by atoms with Crippen LogP contribution in [0.1, 0.15) is 23.7 Å². The first-order valence-electron chi connectivity index (χ1n) is 7.41. The molecule has 3 aromatic rings. The normalized spacial score (nSPS) is 13.5. The second-order valence-corrected chi connectivity index (χ2v) is 5.59. The minimum Gasteiger partial charge on any atom is -0.497 e. The molecule has 0 radical (unpaired) electrons. The number of aromatic nitrogens is 3. The molecule has 0 fully saturated rings. The van der Waals surface area contributed by atoms with Crippen molar-refractivity contribution in [1.29, 1.82) is 0 Å². The van der Waals surface area contributed by atoms with E-state index in [1.165, 1.54) is 0 Å². The molecule has 3 rings (SSSR count). The van der Waals surface area contributed by atoms with Gasteiger partial charge in [0, 0.05) is 0 Å². The quantitative estimate of drug-likeness (QED) is 0.787. The summed E-state index contributed by atoms with van der Waals surface area (Å²) in [6.07, 6.45) is 1.78. The second kappa shape index (κ2) is 6.22. The molecule has 5 nitrogen and oxygen atoms in total. The van der Waals surface area contributed by atoms with Gasteiger partial charge in [-0.1, -0.05) is 47.7 Å². The predicted molar refractivity (Wildman–Crippen MR) is 87.2 cm³/mol. The van der Waals surface area contributed by atoms with Gasteiger partial charge in [0.25, 0.3) is 0 Å². The van der Waals surface area contributed by atoms with Crippen molar-refractivity contribution in [3.63, 3.8) is 0 Å². The van der Waals surface area contributed by atoms with Crippen LogP contribution in [0.15, 0.2) is 60.8 Å². The average molecular weight is 309 g/mol. The van der Waals surface area contributed by atoms with Crippen LogP contribution in [-0.4, -0.2) is 27.2 Å². The number of hydrogen-bond acceptors (Lipinski definition) is 4. The number of nitrogens with zero attached hydrogens (tertiary/aromatic N) is 3. The van der Waals surface area contributed by atoms with Gasteiger partial charge < -0.3 is 9.84 Å². The summed E-state index contributed by atoms with van der Waals surface area (Å²) in [6.45, 7) is 2.31. The van der Waals surface area contributed by atoms with E-state index in [-0.39, 0.29) is 0 Å². The van der Waals surface area contributed by atoms with Gasteiger partial charge in [-0.25, -0.2) is 4.68 Å². The first-order valence-corrected chi connectivity index (χ1v) is 7.41. The standard InChI is InChI=1S/C18H19N3O2/c1-18(22,15-6-4-3-5-7-15)17-13-21(20-19-17)12-14-8-10-16(23-2)11-9-14/h3-11,13,22H,12H2,1-2H3. The maximum absolute atomic E-state index is 10.8. The zero-order valence-corrected chi connectivity index (χ0v) is 13.2. The summed E-state index contributed by atoms with van der Waals surface area (Å²) in [7, 11) is 1.64. The average Bonchev–Trinajstić information content (AvgIpc) is 3.06. The van der Waals surface area contributed by atoms with E-state index < -0.39 is 5.60 Å². The fraction of sp³-hybridized carbons (Fsp3) is 0.222. The Morgan fingerprint density at radius 3 is 2.43 bits per heavy atom. The molecule has 0 saturated heterocycles. The van der Waals surface area contributed by atoms with Crippen molar-refractivity contribution in [2.24, 2.45) is 0 Å². The van der Waals surface area contributed by atoms with E-state index in [0.717, 1.165) is 16.9 Å². The fourth-order valence-electron chi connectivity index (χ4n) is 2.43. The molecule has 1 atom stereocenters. The highest BCUT2D eigenvalue weighted by Crippen LogP contribution is 2.27. The van der Waals surface area contributed by atoms with Crippen LogP contribution in [0.4, 0.5) is 0 Å². The molecule has 23 heavy (non-hydrogen) atoms. The summed E-state index contributed by atoms with van der Waals surface area (Å²) in [5.74, 6) is 0.819. The maximum atomic E-state index is 10.8. The summed E-state index contributed by atoms with van der Waals surface area (Å²) in [6, 6.07) is 17.2. The van der Waals surface area contributed by atoms with Crippen LogP contribution in [0.25, 0.3) is 0 Å². The maximum Gasteiger partial charge on any atom is 0.132 e. The Kier molecular flexibility index (Phi) is 4.12. The van der Waals surface area contributed by atoms with Gasteiger partial charge in [-0.3, -0.25) is 0 Å². The molecule has 1 heterocycles. The first kappa shape index (κ1) is 15.2. The minimum absolute atomic E-state index is 0.525. The van der Waals surface area contributed by atoms with Crippen LogP contribution in [0.2, 0.25) is 0 Å². The van der Waals surface area contributed by atoms with E-state index in [4.69, 9.17) is 4.74 Å². The minimum atomic E-state index is -1.17. The lowest BCUT2D eigenvalue weighted by atomic mass is 9.93. The van der Waals surface area contributed by atoms with Crippen molar-refractivity contribution >= 4 is 0 Å². The van der Waals surface area contributed by atoms with Gasteiger partial charge in [0.05, 0.1) is 19.9 Å². The number of aliphatic hydroxyl groups is 1. The largest absolute Gasteiger partial charge is 0.497 e. The highest BCUT2D eigenvalue weighted by Gasteiger charge is 2.28. The summed E-state index contributed by atoms with van der Waals surface area (Å²) in [4.78, 5) is 0. The van der Waals surface area contributed by atoms with Crippen LogP contribution in [0, 0.1) is 0 Å². The zero-order chi connectivity index (χ0) is 16.3. The Morgan fingerprint density at radius 1 is 1.09 bits per heavy atom. The van der Waals surface area contributed by atoms with Gasteiger partial charge in [-0.2, -0.15) is 0 Å². The molecule has 0 aliphatic carbocycles. The molecule has 0 saturated carbocycles. The van der Waals surface area contributed by atoms with Gasteiger partial charge in [0.1, 0.15) is 17.0 Å². The van der Waals surface area contributed by atoms with Gasteiger partial charge in [0.2, 0.25) is 0 Å². The zero-order valence-electron chi connectivity index (χ0n) is 13.2. The third-order valence-corrected chi connectivity index (χ3v) is 3.88. The van der Waals surface area contributed by atoms with E-state index >= 15 is 0 Å². The smallest absolute Gasteiger partial charge is 0.132 e. The third-order valence-electron chi connectivity index (χ3n) is 3.88. The Balaban J connectivity index is 1.79. The van der Waals surface area contributed by atoms with Gasteiger partial charge in [-0.15, -0.1) is 5.10 Å². The Morgan fingerprint density at radius 2 is 1.78 bits per heavy atom. The molecular weight excluding hydrogens is 290 g/mol. The second-order valence-electron chi connectivity index (χ2n) is 5.59. The lowest BCUT2D eigenvalue weighted by molar-refractivity contribution is 0.0972. The van der Waals surface area contributed by atoms with Gasteiger partial charge >= 0.3 is 0 Å². The summed E-state index contributed by atoms with van der Waals surface area (Å²) in [5.41, 5.74) is 1.23. The summed E-state index contributed by atoms with van der Waals surface area (Å²) < 4.78 is 6.87. The first-order chi connectivity index (χ1) is 11.1. The van der Waals surface area contributed by atoms with Crippen LogP contribution in [0.3, 0.4) is 0 Å². The Hall–Kier alpha value is -2.66. The Bertz CT molecular complexity index is 764. The van der Waals surface area contributed by atoms with Crippen LogP contribution in [0.5, 0.6) is 5.75 Å². The molecule has 2 aromatic carbocycles. The lowest BCUT2D eigenvalue weighted by Gasteiger charge is -2.20. The van der Waals surface area contributed by atoms with Gasteiger partial charge in [-0.05, 0) is 30.2 Å². The van der Waals surface area contributed by atoms with Crippen LogP contribution >= 0.6 is 0 Å². The summed E-state index contributed by atoms with van der Waals surface area (Å²) in [5, 5.41) is 19.0. The van der Waals surface area contributed by atoms with Crippen LogP contribution in [-0.2, 0) is 12.1 Å². The molecule has 0 spiro atoms. The van der Waals surface area contributed by atoms with E-state index in [2.05, 4.69) is 10.3 Å². The van der Waals surface area contributed by atoms with Gasteiger partial charge in [0.15, 0.2) is 0 Å². The molecule has 0 bridgehead atoms. The highest BCUT2D eigenvalue weighted by atomic mass is 16.5. The molecule has 0 aliphatic rings. The van der Waals surface area contributed by atoms with E-state index in [1.54, 1.807) is 24.9 Å². The van der Waals surface area contributed by atoms with Crippen molar-refractivity contribution in [2.75, 3.05) is 7.11 Å². The lowest BCUT2D eigenvalue weighted by Crippen LogP contribution is -2.23. The van der Waals surface area contributed by atoms with Crippen molar-refractivity contribution in [3.05, 3.63) is 77.6 Å². The van der Waals surface area contributed by atoms with Crippen molar-refractivity contribution < 1.29 is 9.84 Å². The molecule has 1 aromatic heterocycles. The number of ether oxygens (including phenoxy) is 1. The van der Waals surface area contributed by atoms with Crippen molar-refractivity contribution in [1.82, 2.24) is 15.0 Å². The molecular formula is C18H19N3O2. The summed E-state index contributed by atoms with van der Waals surface area (Å²) >= 11 is 0. The SMILES string of the molecule is COc1ccc(Cn2cc(C(C)(O)c3ccccc3)nn2)cc1. The highest BCUT2D eigenvalue weighted by molar-refractivity contribution is 5.30. The van der Waals surface area contributed by atoms with E-state index in [0.29, 0.717) is 12.2 Å². The monoisotopic (exact) mass is 309 g/mol. The number of hydrogen-bond donors (Lipinski definition) is 1. The van der Waals surface area contributed by atoms with E-state index in [9.17, 15) is 5.11 Å². The topological polar surface area (TPSA) is 60.2 Å². The molecule has 0 aliphatic heterocycles. The Labute approximate surface area is 135 Å². The molecule has 1 unspecified atom stereocenters. The number of methoxy groups -OCH3 is 1. The van der Waals surface area contributed by atoms with Crippen molar-refractivity contribution in [3.8, 4) is 5.75 Å². The van der Waals surface area contributed by atoms with Crippen molar-refractivity contribution in [2.45, 2.75) is 19.1 Å². The molecule has 1 N–H and O–H groups in total. The molecule has 118 valence electrons. The molecule has 5 heteroatoms. The predicted octanol–water partition coefficient (Wildman–Crippen LogP) is 2.59. The molecule has 0 amide bonds. The van der Waals surface area contributed by atoms with Crippen LogP contribution < -0.4 is 4.74 Å².